The molecule has 1 heterocycles. The van der Waals surface area contributed by atoms with Crippen LogP contribution in [0.15, 0.2) is 42.5 Å². The molecule has 0 spiro atoms. The van der Waals surface area contributed by atoms with Crippen molar-refractivity contribution in [3.8, 4) is 0 Å². The average Bonchev–Trinajstić information content (AvgIpc) is 2.90. The van der Waals surface area contributed by atoms with Crippen molar-refractivity contribution in [3.05, 3.63) is 53.6 Å². The normalized spacial score (nSPS) is 10.6. The van der Waals surface area contributed by atoms with Crippen molar-refractivity contribution in [2.75, 3.05) is 10.7 Å². The molecular weight excluding hydrogens is 284 g/mol. The predicted octanol–water partition coefficient (Wildman–Crippen LogP) is 3.14. The number of carbonyl (C=O) groups excluding carboxylic acids is 1. The molecule has 0 aliphatic rings. The molecule has 0 fully saturated rings. The number of hydrogen-bond acceptors (Lipinski definition) is 5. The highest BCUT2D eigenvalue weighted by Crippen LogP contribution is 2.27. The van der Waals surface area contributed by atoms with Crippen molar-refractivity contribution in [2.24, 2.45) is 5.84 Å². The number of nitrogens with zero attached hydrogens (tertiary/aromatic N) is 1. The van der Waals surface area contributed by atoms with E-state index in [2.05, 4.69) is 15.7 Å². The van der Waals surface area contributed by atoms with Gasteiger partial charge in [0.05, 0.1) is 10.2 Å². The summed E-state index contributed by atoms with van der Waals surface area (Å²) in [4.78, 5) is 16.6. The maximum absolute atomic E-state index is 12.3. The molecule has 3 aromatic rings. The number of nitrogens with two attached hydrogens (primary N) is 1. The van der Waals surface area contributed by atoms with Gasteiger partial charge in [-0.15, -0.1) is 0 Å². The van der Waals surface area contributed by atoms with Gasteiger partial charge in [0.1, 0.15) is 0 Å². The number of benzene rings is 2. The van der Waals surface area contributed by atoms with Crippen LogP contribution in [0.25, 0.3) is 10.2 Å². The lowest BCUT2D eigenvalue weighted by molar-refractivity contribution is 0.102. The van der Waals surface area contributed by atoms with Crippen molar-refractivity contribution in [3.63, 3.8) is 0 Å². The molecule has 5 nitrogen and oxygen atoms in total. The molecule has 0 atom stereocenters. The van der Waals surface area contributed by atoms with Gasteiger partial charge in [-0.05, 0) is 36.8 Å². The summed E-state index contributed by atoms with van der Waals surface area (Å²) < 4.78 is 1.01. The Bertz CT molecular complexity index is 812. The molecule has 106 valence electrons. The minimum Gasteiger partial charge on any atom is -0.322 e. The van der Waals surface area contributed by atoms with Crippen LogP contribution >= 0.6 is 11.3 Å². The van der Waals surface area contributed by atoms with Crippen LogP contribution in [-0.2, 0) is 0 Å². The van der Waals surface area contributed by atoms with Crippen LogP contribution in [0, 0.1) is 6.92 Å². The standard InChI is InChI=1S/C15H14N4OS/c1-9-4-2-3-5-11(9)14(20)17-10-6-7-13-12(8-10)18-15(19-16)21-13/h2-8H,16H2,1H3,(H,17,20)(H,18,19). The highest BCUT2D eigenvalue weighted by atomic mass is 32.1. The predicted molar refractivity (Wildman–Crippen MR) is 86.6 cm³/mol. The second-order valence-electron chi connectivity index (χ2n) is 4.61. The van der Waals surface area contributed by atoms with Gasteiger partial charge in [0.25, 0.3) is 5.91 Å². The molecule has 6 heteroatoms. The first-order chi connectivity index (χ1) is 10.2. The number of amides is 1. The zero-order valence-electron chi connectivity index (χ0n) is 11.4. The molecule has 4 N–H and O–H groups in total. The summed E-state index contributed by atoms with van der Waals surface area (Å²) in [5, 5.41) is 3.54. The topological polar surface area (TPSA) is 80.0 Å². The fourth-order valence-electron chi connectivity index (χ4n) is 2.09. The van der Waals surface area contributed by atoms with Crippen LogP contribution in [0.5, 0.6) is 0 Å². The van der Waals surface area contributed by atoms with E-state index >= 15 is 0 Å². The van der Waals surface area contributed by atoms with E-state index in [1.54, 1.807) is 0 Å². The number of aromatic nitrogens is 1. The van der Waals surface area contributed by atoms with Gasteiger partial charge in [-0.3, -0.25) is 10.2 Å². The minimum atomic E-state index is -0.125. The third-order valence-electron chi connectivity index (χ3n) is 3.16. The van der Waals surface area contributed by atoms with Crippen molar-refractivity contribution in [2.45, 2.75) is 6.92 Å². The van der Waals surface area contributed by atoms with Gasteiger partial charge in [-0.2, -0.15) is 0 Å². The molecule has 3 rings (SSSR count). The number of hydrazine groups is 1. The first-order valence-corrected chi connectivity index (χ1v) is 7.23. The summed E-state index contributed by atoms with van der Waals surface area (Å²) in [5.74, 6) is 5.23. The van der Waals surface area contributed by atoms with E-state index in [1.165, 1.54) is 11.3 Å². The van der Waals surface area contributed by atoms with Crippen LogP contribution in [0.1, 0.15) is 15.9 Å². The smallest absolute Gasteiger partial charge is 0.255 e. The lowest BCUT2D eigenvalue weighted by Crippen LogP contribution is -2.13. The lowest BCUT2D eigenvalue weighted by Gasteiger charge is -2.07. The third kappa shape index (κ3) is 2.72. The quantitative estimate of drug-likeness (QED) is 0.512. The van der Waals surface area contributed by atoms with Gasteiger partial charge in [-0.25, -0.2) is 10.8 Å². The number of carbonyl (C=O) groups is 1. The largest absolute Gasteiger partial charge is 0.322 e. The second kappa shape index (κ2) is 5.51. The molecule has 0 saturated heterocycles. The zero-order chi connectivity index (χ0) is 14.8. The molecule has 21 heavy (non-hydrogen) atoms. The Morgan fingerprint density at radius 1 is 1.24 bits per heavy atom. The molecule has 0 bridgehead atoms. The Morgan fingerprint density at radius 3 is 2.81 bits per heavy atom. The van der Waals surface area contributed by atoms with Crippen molar-refractivity contribution < 1.29 is 4.79 Å². The molecule has 0 aliphatic heterocycles. The Kier molecular flexibility index (Phi) is 3.55. The van der Waals surface area contributed by atoms with Crippen LogP contribution in [-0.4, -0.2) is 10.9 Å². The van der Waals surface area contributed by atoms with E-state index in [0.29, 0.717) is 16.4 Å². The fourth-order valence-corrected chi connectivity index (χ4v) is 2.85. The van der Waals surface area contributed by atoms with Gasteiger partial charge >= 0.3 is 0 Å². The van der Waals surface area contributed by atoms with Gasteiger partial charge < -0.3 is 5.32 Å². The Labute approximate surface area is 125 Å². The van der Waals surface area contributed by atoms with Crippen molar-refractivity contribution in [1.82, 2.24) is 4.98 Å². The lowest BCUT2D eigenvalue weighted by atomic mass is 10.1. The highest BCUT2D eigenvalue weighted by molar-refractivity contribution is 7.22. The van der Waals surface area contributed by atoms with Crippen LogP contribution < -0.4 is 16.6 Å². The van der Waals surface area contributed by atoms with E-state index in [1.807, 2.05) is 49.4 Å². The molecular formula is C15H14N4OS. The first kappa shape index (κ1) is 13.5. The number of hydrogen-bond donors (Lipinski definition) is 3. The van der Waals surface area contributed by atoms with Gasteiger partial charge in [0.15, 0.2) is 5.13 Å². The number of nitrogen functional groups attached to an aromatic ring is 1. The van der Waals surface area contributed by atoms with Gasteiger partial charge in [-0.1, -0.05) is 29.5 Å². The monoisotopic (exact) mass is 298 g/mol. The Hall–Kier alpha value is -2.44. The molecule has 0 saturated carbocycles. The van der Waals surface area contributed by atoms with E-state index < -0.39 is 0 Å². The van der Waals surface area contributed by atoms with Crippen molar-refractivity contribution in [1.29, 1.82) is 0 Å². The van der Waals surface area contributed by atoms with E-state index in [9.17, 15) is 4.79 Å². The SMILES string of the molecule is Cc1ccccc1C(=O)Nc1ccc2sc(NN)nc2c1. The number of anilines is 2. The summed E-state index contributed by atoms with van der Waals surface area (Å²) in [6.45, 7) is 1.91. The molecule has 1 amide bonds. The summed E-state index contributed by atoms with van der Waals surface area (Å²) in [6.07, 6.45) is 0. The number of nitrogens with one attached hydrogen (secondary N) is 2. The summed E-state index contributed by atoms with van der Waals surface area (Å²) in [7, 11) is 0. The minimum absolute atomic E-state index is 0.125. The molecule has 1 aromatic heterocycles. The number of aryl methyl sites for hydroxylation is 1. The van der Waals surface area contributed by atoms with Crippen molar-refractivity contribution >= 4 is 38.3 Å². The maximum atomic E-state index is 12.3. The molecule has 0 unspecified atom stereocenters. The maximum Gasteiger partial charge on any atom is 0.255 e. The first-order valence-electron chi connectivity index (χ1n) is 6.41. The molecule has 2 aromatic carbocycles. The van der Waals surface area contributed by atoms with E-state index in [-0.39, 0.29) is 5.91 Å². The summed E-state index contributed by atoms with van der Waals surface area (Å²) in [5.41, 5.74) is 5.65. The van der Waals surface area contributed by atoms with Crippen LogP contribution in [0.4, 0.5) is 10.8 Å². The third-order valence-corrected chi connectivity index (χ3v) is 4.13. The molecule has 0 aliphatic carbocycles. The average molecular weight is 298 g/mol. The molecule has 0 radical (unpaired) electrons. The van der Waals surface area contributed by atoms with E-state index in [0.717, 1.165) is 15.8 Å². The summed E-state index contributed by atoms with van der Waals surface area (Å²) in [6, 6.07) is 13.1. The Balaban J connectivity index is 1.87. The van der Waals surface area contributed by atoms with Gasteiger partial charge in [0.2, 0.25) is 0 Å². The summed E-state index contributed by atoms with van der Waals surface area (Å²) >= 11 is 1.46. The highest BCUT2D eigenvalue weighted by Gasteiger charge is 2.10. The second-order valence-corrected chi connectivity index (χ2v) is 5.65. The zero-order valence-corrected chi connectivity index (χ0v) is 12.2. The van der Waals surface area contributed by atoms with Crippen LogP contribution in [0.2, 0.25) is 0 Å². The Morgan fingerprint density at radius 2 is 2.05 bits per heavy atom. The number of thiazole rings is 1. The number of fused-ring (bicyclic) bond motifs is 1. The van der Waals surface area contributed by atoms with Crippen LogP contribution in [0.3, 0.4) is 0 Å². The van der Waals surface area contributed by atoms with E-state index in [4.69, 9.17) is 5.84 Å². The number of rotatable bonds is 3. The van der Waals surface area contributed by atoms with Gasteiger partial charge in [0, 0.05) is 11.3 Å². The fraction of sp³-hybridized carbons (Fsp3) is 0.0667.